The second-order valence-corrected chi connectivity index (χ2v) is 7.73. The summed E-state index contributed by atoms with van der Waals surface area (Å²) in [6.45, 7) is 4.46. The second-order valence-electron chi connectivity index (χ2n) is 6.42. The molecule has 0 fully saturated rings. The molecule has 7 nitrogen and oxygen atoms in total. The molecule has 3 N–H and O–H groups in total. The van der Waals surface area contributed by atoms with Crippen LogP contribution in [0.15, 0.2) is 47.6 Å². The largest absolute Gasteiger partial charge is 0.370 e. The maximum absolute atomic E-state index is 12.6. The van der Waals surface area contributed by atoms with Gasteiger partial charge in [-0.25, -0.2) is 0 Å². The molecule has 0 aliphatic rings. The molecule has 0 saturated heterocycles. The Morgan fingerprint density at radius 2 is 1.93 bits per heavy atom. The Balaban J connectivity index is 1.67. The molecule has 2 amide bonds. The van der Waals surface area contributed by atoms with Gasteiger partial charge in [0.15, 0.2) is 5.16 Å². The molecule has 0 aliphatic heterocycles. The molecule has 1 heterocycles. The molecule has 1 atom stereocenters. The predicted molar refractivity (Wildman–Crippen MR) is 111 cm³/mol. The first kappa shape index (κ1) is 19.9. The molecule has 1 aromatic heterocycles. The Morgan fingerprint density at radius 1 is 1.18 bits per heavy atom. The third kappa shape index (κ3) is 4.69. The molecule has 0 radical (unpaired) electrons. The minimum absolute atomic E-state index is 0.107. The summed E-state index contributed by atoms with van der Waals surface area (Å²) >= 11 is 1.34. The Hall–Kier alpha value is -2.87. The minimum Gasteiger partial charge on any atom is -0.370 e. The van der Waals surface area contributed by atoms with Crippen LogP contribution in [0.5, 0.6) is 0 Å². The summed E-state index contributed by atoms with van der Waals surface area (Å²) in [5, 5.41) is 13.8. The number of carbonyl (C=O) groups excluding carboxylic acids is 2. The zero-order chi connectivity index (χ0) is 20.1. The molecular weight excluding hydrogens is 374 g/mol. The van der Waals surface area contributed by atoms with Gasteiger partial charge in [-0.3, -0.25) is 9.59 Å². The van der Waals surface area contributed by atoms with E-state index in [-0.39, 0.29) is 23.5 Å². The topological polar surface area (TPSA) is 103 Å². The number of nitrogens with one attached hydrogen (secondary N) is 1. The van der Waals surface area contributed by atoms with Crippen molar-refractivity contribution < 1.29 is 9.59 Å². The summed E-state index contributed by atoms with van der Waals surface area (Å²) in [7, 11) is 0. The number of fused-ring (bicyclic) bond motifs is 1. The van der Waals surface area contributed by atoms with E-state index >= 15 is 0 Å². The molecule has 0 aliphatic carbocycles. The van der Waals surface area contributed by atoms with Crippen molar-refractivity contribution in [2.24, 2.45) is 5.73 Å². The quantitative estimate of drug-likeness (QED) is 0.569. The highest BCUT2D eigenvalue weighted by atomic mass is 32.2. The summed E-state index contributed by atoms with van der Waals surface area (Å²) in [5.41, 5.74) is 5.97. The predicted octanol–water partition coefficient (Wildman–Crippen LogP) is 2.99. The van der Waals surface area contributed by atoms with Gasteiger partial charge in [0.2, 0.25) is 11.8 Å². The molecule has 8 heteroatoms. The number of nitrogens with zero attached hydrogens (tertiary/aromatic N) is 3. The van der Waals surface area contributed by atoms with Crippen molar-refractivity contribution in [2.45, 2.75) is 43.6 Å². The average molecular weight is 398 g/mol. The van der Waals surface area contributed by atoms with Gasteiger partial charge in [0, 0.05) is 25.1 Å². The number of aryl methyl sites for hydroxylation is 1. The first-order chi connectivity index (χ1) is 13.5. The van der Waals surface area contributed by atoms with E-state index in [4.69, 9.17) is 5.73 Å². The number of hydrogen-bond acceptors (Lipinski definition) is 5. The van der Waals surface area contributed by atoms with E-state index in [1.165, 1.54) is 11.8 Å². The lowest BCUT2D eigenvalue weighted by Crippen LogP contribution is -2.23. The number of amides is 2. The van der Waals surface area contributed by atoms with Crippen LogP contribution in [0.4, 0.5) is 5.69 Å². The number of thioether (sulfide) groups is 1. The van der Waals surface area contributed by atoms with Gasteiger partial charge < -0.3 is 15.6 Å². The number of carbonyl (C=O) groups is 2. The standard InChI is InChI=1S/C20H23N5O2S/c1-3-25-18(11-10-17(21)26)23-24-20(25)28-13(2)19(27)22-16-9-8-14-6-4-5-7-15(14)12-16/h4-9,12-13H,3,10-11H2,1-2H3,(H2,21,26)(H,22,27)/t13-/m0/s1. The van der Waals surface area contributed by atoms with Crippen LogP contribution in [-0.2, 0) is 22.6 Å². The molecule has 2 aromatic carbocycles. The zero-order valence-corrected chi connectivity index (χ0v) is 16.7. The van der Waals surface area contributed by atoms with Gasteiger partial charge in [-0.05, 0) is 36.8 Å². The van der Waals surface area contributed by atoms with Crippen molar-refractivity contribution in [3.63, 3.8) is 0 Å². The monoisotopic (exact) mass is 397 g/mol. The lowest BCUT2D eigenvalue weighted by atomic mass is 10.1. The van der Waals surface area contributed by atoms with Gasteiger partial charge >= 0.3 is 0 Å². The number of primary amides is 1. The van der Waals surface area contributed by atoms with Gasteiger partial charge in [0.25, 0.3) is 0 Å². The zero-order valence-electron chi connectivity index (χ0n) is 15.9. The number of nitrogens with two attached hydrogens (primary N) is 1. The Bertz CT molecular complexity index is 1000. The van der Waals surface area contributed by atoms with Gasteiger partial charge in [0.1, 0.15) is 5.82 Å². The normalized spacial score (nSPS) is 12.1. The van der Waals surface area contributed by atoms with E-state index in [1.54, 1.807) is 0 Å². The van der Waals surface area contributed by atoms with Gasteiger partial charge in [-0.2, -0.15) is 0 Å². The Morgan fingerprint density at radius 3 is 2.64 bits per heavy atom. The molecule has 3 aromatic rings. The molecule has 3 rings (SSSR count). The highest BCUT2D eigenvalue weighted by Gasteiger charge is 2.20. The van der Waals surface area contributed by atoms with Crippen LogP contribution < -0.4 is 11.1 Å². The fourth-order valence-electron chi connectivity index (χ4n) is 2.87. The van der Waals surface area contributed by atoms with Gasteiger partial charge in [-0.1, -0.05) is 42.1 Å². The first-order valence-corrected chi connectivity index (χ1v) is 10.0. The fourth-order valence-corrected chi connectivity index (χ4v) is 3.80. The summed E-state index contributed by atoms with van der Waals surface area (Å²) in [4.78, 5) is 23.6. The summed E-state index contributed by atoms with van der Waals surface area (Å²) < 4.78 is 1.91. The van der Waals surface area contributed by atoms with E-state index in [0.29, 0.717) is 23.9 Å². The van der Waals surface area contributed by atoms with Crippen molar-refractivity contribution in [1.29, 1.82) is 0 Å². The molecule has 28 heavy (non-hydrogen) atoms. The van der Waals surface area contributed by atoms with Crippen LogP contribution in [0.1, 0.15) is 26.1 Å². The third-order valence-electron chi connectivity index (χ3n) is 4.37. The molecular formula is C20H23N5O2S. The van der Waals surface area contributed by atoms with Crippen LogP contribution in [0, 0.1) is 0 Å². The van der Waals surface area contributed by atoms with Crippen LogP contribution in [-0.4, -0.2) is 31.8 Å². The van der Waals surface area contributed by atoms with Crippen LogP contribution >= 0.6 is 11.8 Å². The van der Waals surface area contributed by atoms with Crippen molar-refractivity contribution in [3.8, 4) is 0 Å². The molecule has 0 saturated carbocycles. The van der Waals surface area contributed by atoms with E-state index in [2.05, 4.69) is 15.5 Å². The van der Waals surface area contributed by atoms with Gasteiger partial charge in [0.05, 0.1) is 5.25 Å². The molecule has 0 unspecified atom stereocenters. The van der Waals surface area contributed by atoms with E-state index in [0.717, 1.165) is 16.5 Å². The maximum atomic E-state index is 12.6. The van der Waals surface area contributed by atoms with E-state index < -0.39 is 0 Å². The lowest BCUT2D eigenvalue weighted by molar-refractivity contribution is -0.118. The minimum atomic E-state index is -0.372. The highest BCUT2D eigenvalue weighted by molar-refractivity contribution is 8.00. The summed E-state index contributed by atoms with van der Waals surface area (Å²) in [6.07, 6.45) is 0.662. The van der Waals surface area contributed by atoms with Crippen molar-refractivity contribution in [1.82, 2.24) is 14.8 Å². The molecule has 0 bridgehead atoms. The van der Waals surface area contributed by atoms with E-state index in [1.807, 2.05) is 60.9 Å². The maximum Gasteiger partial charge on any atom is 0.237 e. The number of hydrogen-bond donors (Lipinski definition) is 2. The van der Waals surface area contributed by atoms with Gasteiger partial charge in [-0.15, -0.1) is 10.2 Å². The second kappa shape index (κ2) is 8.88. The lowest BCUT2D eigenvalue weighted by Gasteiger charge is -2.13. The van der Waals surface area contributed by atoms with Crippen LogP contribution in [0.2, 0.25) is 0 Å². The fraction of sp³-hybridized carbons (Fsp3) is 0.300. The SMILES string of the molecule is CCn1c(CCC(N)=O)nnc1S[C@@H](C)C(=O)Nc1ccc2ccccc2c1. The number of anilines is 1. The van der Waals surface area contributed by atoms with Crippen molar-refractivity contribution in [3.05, 3.63) is 48.3 Å². The summed E-state index contributed by atoms with van der Waals surface area (Å²) in [6, 6.07) is 13.9. The third-order valence-corrected chi connectivity index (χ3v) is 5.45. The number of aromatic nitrogens is 3. The van der Waals surface area contributed by atoms with Crippen molar-refractivity contribution >= 4 is 40.0 Å². The molecule has 0 spiro atoms. The Labute approximate surface area is 167 Å². The van der Waals surface area contributed by atoms with E-state index in [9.17, 15) is 9.59 Å². The van der Waals surface area contributed by atoms with Crippen LogP contribution in [0.3, 0.4) is 0 Å². The van der Waals surface area contributed by atoms with Crippen molar-refractivity contribution in [2.75, 3.05) is 5.32 Å². The highest BCUT2D eigenvalue weighted by Crippen LogP contribution is 2.25. The van der Waals surface area contributed by atoms with Crippen LogP contribution in [0.25, 0.3) is 10.8 Å². The smallest absolute Gasteiger partial charge is 0.237 e. The number of rotatable bonds is 8. The average Bonchev–Trinajstić information content (AvgIpc) is 3.07. The molecule has 146 valence electrons. The first-order valence-electron chi connectivity index (χ1n) is 9.14. The summed E-state index contributed by atoms with van der Waals surface area (Å²) in [5.74, 6) is 0.221. The number of benzene rings is 2. The Kier molecular flexibility index (Phi) is 6.30.